The Morgan fingerprint density at radius 2 is 2.00 bits per heavy atom. The van der Waals surface area contributed by atoms with Crippen LogP contribution in [0.1, 0.15) is 13.3 Å². The number of carbonyl (C=O) groups excluding carboxylic acids is 1. The highest BCUT2D eigenvalue weighted by atomic mass is 16.5. The lowest BCUT2D eigenvalue weighted by molar-refractivity contribution is -0.116. The molecule has 0 radical (unpaired) electrons. The van der Waals surface area contributed by atoms with Crippen molar-refractivity contribution in [1.29, 1.82) is 0 Å². The van der Waals surface area contributed by atoms with Crippen molar-refractivity contribution in [2.75, 3.05) is 19.0 Å². The highest BCUT2D eigenvalue weighted by Gasteiger charge is 1.95. The molecule has 3 nitrogen and oxygen atoms in total. The summed E-state index contributed by atoms with van der Waals surface area (Å²) in [5.41, 5.74) is 1.01. The summed E-state index contributed by atoms with van der Waals surface area (Å²) in [5, 5.41) is 3.15. The van der Waals surface area contributed by atoms with Crippen LogP contribution in [0.3, 0.4) is 0 Å². The van der Waals surface area contributed by atoms with Crippen molar-refractivity contribution in [3.05, 3.63) is 24.3 Å². The van der Waals surface area contributed by atoms with Crippen LogP contribution < -0.4 is 10.1 Å². The van der Waals surface area contributed by atoms with E-state index >= 15 is 0 Å². The standard InChI is InChI=1S/C11H15NO2/c1-9(13)7-8-12-10-3-5-11(14-2)6-4-10/h3-6,12H,7-8H2,1-2H3. The van der Waals surface area contributed by atoms with Gasteiger partial charge in [-0.15, -0.1) is 0 Å². The van der Waals surface area contributed by atoms with Gasteiger partial charge in [0.25, 0.3) is 0 Å². The molecule has 1 aromatic carbocycles. The Balaban J connectivity index is 2.40. The summed E-state index contributed by atoms with van der Waals surface area (Å²) in [7, 11) is 1.64. The normalized spacial score (nSPS) is 9.57. The van der Waals surface area contributed by atoms with Gasteiger partial charge in [-0.3, -0.25) is 4.79 Å². The molecule has 0 bridgehead atoms. The fourth-order valence-corrected chi connectivity index (χ4v) is 1.09. The summed E-state index contributed by atoms with van der Waals surface area (Å²) in [6.07, 6.45) is 0.562. The Morgan fingerprint density at radius 1 is 1.36 bits per heavy atom. The van der Waals surface area contributed by atoms with Crippen LogP contribution in [0.2, 0.25) is 0 Å². The second kappa shape index (κ2) is 5.27. The topological polar surface area (TPSA) is 38.3 Å². The zero-order valence-electron chi connectivity index (χ0n) is 8.54. The summed E-state index contributed by atoms with van der Waals surface area (Å²) in [5.74, 6) is 1.04. The number of benzene rings is 1. The third kappa shape index (κ3) is 3.47. The predicted molar refractivity (Wildman–Crippen MR) is 56.8 cm³/mol. The van der Waals surface area contributed by atoms with E-state index in [-0.39, 0.29) is 5.78 Å². The summed E-state index contributed by atoms with van der Waals surface area (Å²) < 4.78 is 5.03. The van der Waals surface area contributed by atoms with Crippen molar-refractivity contribution < 1.29 is 9.53 Å². The lowest BCUT2D eigenvalue weighted by atomic mass is 10.2. The zero-order chi connectivity index (χ0) is 10.4. The molecule has 0 saturated carbocycles. The maximum atomic E-state index is 10.7. The summed E-state index contributed by atoms with van der Waals surface area (Å²) in [6.45, 7) is 2.28. The molecule has 0 unspecified atom stereocenters. The van der Waals surface area contributed by atoms with Crippen LogP contribution in [0, 0.1) is 0 Å². The fourth-order valence-electron chi connectivity index (χ4n) is 1.09. The van der Waals surface area contributed by atoms with Gasteiger partial charge in [-0.1, -0.05) is 0 Å². The molecule has 0 aliphatic heterocycles. The van der Waals surface area contributed by atoms with Crippen LogP contribution in [0.4, 0.5) is 5.69 Å². The molecule has 76 valence electrons. The molecule has 0 aromatic heterocycles. The molecule has 3 heteroatoms. The van der Waals surface area contributed by atoms with Crippen LogP contribution >= 0.6 is 0 Å². The Hall–Kier alpha value is -1.51. The maximum absolute atomic E-state index is 10.7. The second-order valence-corrected chi connectivity index (χ2v) is 3.11. The third-order valence-corrected chi connectivity index (χ3v) is 1.90. The Bertz CT molecular complexity index is 293. The van der Waals surface area contributed by atoms with Gasteiger partial charge in [-0.2, -0.15) is 0 Å². The monoisotopic (exact) mass is 193 g/mol. The molecule has 1 N–H and O–H groups in total. The van der Waals surface area contributed by atoms with Crippen LogP contribution in [-0.2, 0) is 4.79 Å². The van der Waals surface area contributed by atoms with Gasteiger partial charge < -0.3 is 10.1 Å². The average molecular weight is 193 g/mol. The van der Waals surface area contributed by atoms with Crippen molar-refractivity contribution >= 4 is 11.5 Å². The van der Waals surface area contributed by atoms with Crippen molar-refractivity contribution in [2.45, 2.75) is 13.3 Å². The number of hydrogen-bond donors (Lipinski definition) is 1. The lowest BCUT2D eigenvalue weighted by Gasteiger charge is -2.05. The highest BCUT2D eigenvalue weighted by molar-refractivity contribution is 5.76. The molecule has 1 rings (SSSR count). The van der Waals surface area contributed by atoms with E-state index in [1.54, 1.807) is 14.0 Å². The average Bonchev–Trinajstić information content (AvgIpc) is 2.18. The molecular formula is C11H15NO2. The maximum Gasteiger partial charge on any atom is 0.131 e. The molecular weight excluding hydrogens is 178 g/mol. The van der Waals surface area contributed by atoms with Crippen molar-refractivity contribution in [1.82, 2.24) is 0 Å². The first-order valence-electron chi connectivity index (χ1n) is 4.59. The molecule has 0 amide bonds. The molecule has 0 fully saturated rings. The lowest BCUT2D eigenvalue weighted by Crippen LogP contribution is -2.05. The number of ketones is 1. The number of anilines is 1. The molecule has 0 spiro atoms. The van der Waals surface area contributed by atoms with Gasteiger partial charge in [0.1, 0.15) is 11.5 Å². The van der Waals surface area contributed by atoms with Crippen molar-refractivity contribution in [3.8, 4) is 5.75 Å². The smallest absolute Gasteiger partial charge is 0.131 e. The molecule has 0 atom stereocenters. The van der Waals surface area contributed by atoms with E-state index in [9.17, 15) is 4.79 Å². The zero-order valence-corrected chi connectivity index (χ0v) is 8.54. The van der Waals surface area contributed by atoms with Crippen LogP contribution in [0.5, 0.6) is 5.75 Å². The molecule has 0 heterocycles. The van der Waals surface area contributed by atoms with E-state index in [0.29, 0.717) is 13.0 Å². The number of nitrogens with one attached hydrogen (secondary N) is 1. The largest absolute Gasteiger partial charge is 0.497 e. The molecule has 1 aromatic rings. The summed E-state index contributed by atoms with van der Waals surface area (Å²) in [4.78, 5) is 10.7. The van der Waals surface area contributed by atoms with Gasteiger partial charge >= 0.3 is 0 Å². The second-order valence-electron chi connectivity index (χ2n) is 3.11. The third-order valence-electron chi connectivity index (χ3n) is 1.90. The SMILES string of the molecule is COc1ccc(NCCC(C)=O)cc1. The van der Waals surface area contributed by atoms with E-state index < -0.39 is 0 Å². The minimum Gasteiger partial charge on any atom is -0.497 e. The van der Waals surface area contributed by atoms with Crippen LogP contribution in [-0.4, -0.2) is 19.4 Å². The van der Waals surface area contributed by atoms with Crippen LogP contribution in [0.15, 0.2) is 24.3 Å². The van der Waals surface area contributed by atoms with Gasteiger partial charge in [-0.25, -0.2) is 0 Å². The number of methoxy groups -OCH3 is 1. The highest BCUT2D eigenvalue weighted by Crippen LogP contribution is 2.14. The Kier molecular flexibility index (Phi) is 3.98. The number of carbonyl (C=O) groups is 1. The quantitative estimate of drug-likeness (QED) is 0.778. The van der Waals surface area contributed by atoms with E-state index in [1.165, 1.54) is 0 Å². The van der Waals surface area contributed by atoms with E-state index in [2.05, 4.69) is 5.32 Å². The number of Topliss-reactive ketones (excluding diaryl/α,β-unsaturated/α-hetero) is 1. The minimum absolute atomic E-state index is 0.200. The van der Waals surface area contributed by atoms with Crippen molar-refractivity contribution in [2.24, 2.45) is 0 Å². The van der Waals surface area contributed by atoms with E-state index in [4.69, 9.17) is 4.74 Å². The Morgan fingerprint density at radius 3 is 2.50 bits per heavy atom. The van der Waals surface area contributed by atoms with Crippen molar-refractivity contribution in [3.63, 3.8) is 0 Å². The predicted octanol–water partition coefficient (Wildman–Crippen LogP) is 2.09. The molecule has 0 aliphatic rings. The first kappa shape index (κ1) is 10.6. The van der Waals surface area contributed by atoms with Gasteiger partial charge in [0.05, 0.1) is 7.11 Å². The molecule has 0 saturated heterocycles. The summed E-state index contributed by atoms with van der Waals surface area (Å²) >= 11 is 0. The number of rotatable bonds is 5. The fraction of sp³-hybridized carbons (Fsp3) is 0.364. The van der Waals surface area contributed by atoms with Crippen LogP contribution in [0.25, 0.3) is 0 Å². The minimum atomic E-state index is 0.200. The summed E-state index contributed by atoms with van der Waals surface area (Å²) in [6, 6.07) is 7.63. The number of hydrogen-bond acceptors (Lipinski definition) is 3. The van der Waals surface area contributed by atoms with Gasteiger partial charge in [0, 0.05) is 18.7 Å². The number of ether oxygens (including phenoxy) is 1. The van der Waals surface area contributed by atoms with Gasteiger partial charge in [-0.05, 0) is 31.2 Å². The Labute approximate surface area is 84.1 Å². The van der Waals surface area contributed by atoms with Gasteiger partial charge in [0.15, 0.2) is 0 Å². The first-order chi connectivity index (χ1) is 6.72. The molecule has 14 heavy (non-hydrogen) atoms. The van der Waals surface area contributed by atoms with E-state index in [0.717, 1.165) is 11.4 Å². The first-order valence-corrected chi connectivity index (χ1v) is 4.59. The van der Waals surface area contributed by atoms with E-state index in [1.807, 2.05) is 24.3 Å². The molecule has 0 aliphatic carbocycles. The van der Waals surface area contributed by atoms with Gasteiger partial charge in [0.2, 0.25) is 0 Å².